The van der Waals surface area contributed by atoms with Gasteiger partial charge in [0.05, 0.1) is 11.0 Å². The predicted octanol–water partition coefficient (Wildman–Crippen LogP) is 1.06. The van der Waals surface area contributed by atoms with E-state index < -0.39 is 11.3 Å². The highest BCUT2D eigenvalue weighted by Gasteiger charge is 2.55. The molecule has 12 heteroatoms. The minimum Gasteiger partial charge on any atom is -0.369 e. The monoisotopic (exact) mass is 504 g/mol. The summed E-state index contributed by atoms with van der Waals surface area (Å²) in [6.45, 7) is 0.855. The number of aromatic nitrogens is 2. The molecule has 170 valence electrons. The van der Waals surface area contributed by atoms with E-state index in [1.807, 2.05) is 6.07 Å². The van der Waals surface area contributed by atoms with E-state index in [4.69, 9.17) is 11.5 Å². The van der Waals surface area contributed by atoms with E-state index in [9.17, 15) is 14.4 Å². The van der Waals surface area contributed by atoms with Crippen molar-refractivity contribution in [3.63, 3.8) is 0 Å². The molecule has 0 bridgehead atoms. The van der Waals surface area contributed by atoms with Crippen molar-refractivity contribution >= 4 is 56.8 Å². The van der Waals surface area contributed by atoms with Crippen molar-refractivity contribution in [2.45, 2.75) is 19.3 Å². The second kappa shape index (κ2) is 10.4. The van der Waals surface area contributed by atoms with Gasteiger partial charge in [-0.25, -0.2) is 4.98 Å². The molecule has 3 rings (SSSR count). The number of anilines is 4. The lowest BCUT2D eigenvalue weighted by atomic mass is 10.1. The van der Waals surface area contributed by atoms with Gasteiger partial charge < -0.3 is 32.7 Å². The second-order valence-electron chi connectivity index (χ2n) is 7.33. The number of nitrogens with zero attached hydrogens (tertiary/aromatic N) is 2. The van der Waals surface area contributed by atoms with E-state index in [-0.39, 0.29) is 18.4 Å². The molecular weight excluding hydrogens is 480 g/mol. The summed E-state index contributed by atoms with van der Waals surface area (Å²) >= 11 is 3.41. The summed E-state index contributed by atoms with van der Waals surface area (Å²) in [4.78, 5) is 43.6. The molecule has 8 N–H and O–H groups in total. The van der Waals surface area contributed by atoms with Crippen LogP contribution in [0.2, 0.25) is 0 Å². The summed E-state index contributed by atoms with van der Waals surface area (Å²) in [6, 6.07) is 7.09. The maximum absolute atomic E-state index is 12.1. The van der Waals surface area contributed by atoms with E-state index in [1.54, 1.807) is 24.4 Å². The highest BCUT2D eigenvalue weighted by atomic mass is 79.9. The van der Waals surface area contributed by atoms with Crippen molar-refractivity contribution in [1.82, 2.24) is 15.3 Å². The smallest absolute Gasteiger partial charge is 0.238 e. The highest BCUT2D eigenvalue weighted by molar-refractivity contribution is 9.10. The predicted molar refractivity (Wildman–Crippen MR) is 124 cm³/mol. The highest BCUT2D eigenvalue weighted by Crippen LogP contribution is 2.45. The molecular formula is C20H25BrN8O3. The Morgan fingerprint density at radius 3 is 2.59 bits per heavy atom. The quantitative estimate of drug-likeness (QED) is 0.194. The number of amides is 3. The largest absolute Gasteiger partial charge is 0.369 e. The van der Waals surface area contributed by atoms with Crippen molar-refractivity contribution in [2.75, 3.05) is 35.6 Å². The molecule has 1 heterocycles. The van der Waals surface area contributed by atoms with Gasteiger partial charge in [-0.15, -0.1) is 0 Å². The Hall–Kier alpha value is -3.25. The third-order valence-corrected chi connectivity index (χ3v) is 5.50. The number of primary amides is 1. The van der Waals surface area contributed by atoms with Crippen LogP contribution in [-0.2, 0) is 14.4 Å². The lowest BCUT2D eigenvalue weighted by Crippen LogP contribution is -2.41. The summed E-state index contributed by atoms with van der Waals surface area (Å²) in [5, 5.41) is 11.7. The number of nitrogens with two attached hydrogens (primary N) is 2. The van der Waals surface area contributed by atoms with Crippen LogP contribution in [0, 0.1) is 5.41 Å². The Morgan fingerprint density at radius 2 is 1.91 bits per heavy atom. The van der Waals surface area contributed by atoms with Gasteiger partial charge in [0.1, 0.15) is 11.2 Å². The van der Waals surface area contributed by atoms with E-state index in [2.05, 4.69) is 47.2 Å². The molecule has 0 radical (unpaired) electrons. The second-order valence-corrected chi connectivity index (χ2v) is 8.19. The summed E-state index contributed by atoms with van der Waals surface area (Å²) in [7, 11) is 0. The molecule has 3 amide bonds. The molecule has 0 atom stereocenters. The van der Waals surface area contributed by atoms with Gasteiger partial charge in [-0.2, -0.15) is 4.98 Å². The van der Waals surface area contributed by atoms with Crippen molar-refractivity contribution in [3.05, 3.63) is 34.9 Å². The SMILES string of the molecule is NCC(=O)Nc1cccc(Nc2ncc(Br)c(NCCCNC(=O)C3(C(N)=O)CC3)n2)c1. The summed E-state index contributed by atoms with van der Waals surface area (Å²) in [5.41, 5.74) is 10.9. The van der Waals surface area contributed by atoms with Gasteiger partial charge in [-0.1, -0.05) is 6.07 Å². The molecule has 1 fully saturated rings. The fraction of sp³-hybridized carbons (Fsp3) is 0.350. The third-order valence-electron chi connectivity index (χ3n) is 4.92. The lowest BCUT2D eigenvalue weighted by Gasteiger charge is -2.13. The molecule has 32 heavy (non-hydrogen) atoms. The number of halogens is 1. The first-order valence-corrected chi connectivity index (χ1v) is 10.8. The lowest BCUT2D eigenvalue weighted by molar-refractivity contribution is -0.135. The number of hydrogen-bond donors (Lipinski definition) is 6. The molecule has 1 aliphatic rings. The van der Waals surface area contributed by atoms with Crippen molar-refractivity contribution in [1.29, 1.82) is 0 Å². The van der Waals surface area contributed by atoms with Crippen LogP contribution in [0.3, 0.4) is 0 Å². The molecule has 11 nitrogen and oxygen atoms in total. The average molecular weight is 505 g/mol. The normalized spacial score (nSPS) is 13.7. The van der Waals surface area contributed by atoms with E-state index in [0.717, 1.165) is 0 Å². The van der Waals surface area contributed by atoms with Crippen LogP contribution in [0.1, 0.15) is 19.3 Å². The Labute approximate surface area is 193 Å². The van der Waals surface area contributed by atoms with Crippen LogP contribution in [-0.4, -0.2) is 47.3 Å². The zero-order valence-corrected chi connectivity index (χ0v) is 18.9. The Bertz CT molecular complexity index is 1010. The summed E-state index contributed by atoms with van der Waals surface area (Å²) in [5.74, 6) is -0.206. The number of benzene rings is 1. The average Bonchev–Trinajstić information content (AvgIpc) is 3.58. The molecule has 1 aliphatic carbocycles. The zero-order valence-electron chi connectivity index (χ0n) is 17.3. The summed E-state index contributed by atoms with van der Waals surface area (Å²) in [6.07, 6.45) is 3.27. The fourth-order valence-electron chi connectivity index (χ4n) is 2.94. The summed E-state index contributed by atoms with van der Waals surface area (Å²) < 4.78 is 0.682. The zero-order chi connectivity index (χ0) is 23.1. The van der Waals surface area contributed by atoms with Gasteiger partial charge in [0.15, 0.2) is 0 Å². The molecule has 1 aromatic carbocycles. The van der Waals surface area contributed by atoms with Gasteiger partial charge in [-0.3, -0.25) is 14.4 Å². The molecule has 2 aromatic rings. The maximum atomic E-state index is 12.1. The van der Waals surface area contributed by atoms with Crippen LogP contribution in [0.25, 0.3) is 0 Å². The Morgan fingerprint density at radius 1 is 1.16 bits per heavy atom. The van der Waals surface area contributed by atoms with Crippen LogP contribution < -0.4 is 32.7 Å². The molecule has 0 aliphatic heterocycles. The van der Waals surface area contributed by atoms with Crippen LogP contribution in [0.5, 0.6) is 0 Å². The fourth-order valence-corrected chi connectivity index (χ4v) is 3.28. The molecule has 1 saturated carbocycles. The van der Waals surface area contributed by atoms with Crippen molar-refractivity contribution in [2.24, 2.45) is 16.9 Å². The van der Waals surface area contributed by atoms with Crippen LogP contribution in [0.15, 0.2) is 34.9 Å². The maximum Gasteiger partial charge on any atom is 0.238 e. The van der Waals surface area contributed by atoms with Crippen LogP contribution >= 0.6 is 15.9 Å². The topological polar surface area (TPSA) is 177 Å². The van der Waals surface area contributed by atoms with Gasteiger partial charge in [0.25, 0.3) is 0 Å². The molecule has 0 saturated heterocycles. The van der Waals surface area contributed by atoms with Gasteiger partial charge >= 0.3 is 0 Å². The minimum atomic E-state index is -1.01. The third kappa shape index (κ3) is 5.92. The standard InChI is InChI=1S/C20H25BrN8O3/c21-14-11-26-19(28-13-4-1-3-12(9-13)27-15(30)10-22)29-16(14)24-7-2-8-25-18(32)20(5-6-20)17(23)31/h1,3-4,9,11H,2,5-8,10,22H2,(H2,23,31)(H,25,32)(H,27,30)(H2,24,26,28,29). The Kier molecular flexibility index (Phi) is 7.59. The number of nitrogens with one attached hydrogen (secondary N) is 4. The van der Waals surface area contributed by atoms with Gasteiger partial charge in [0.2, 0.25) is 23.7 Å². The number of carbonyl (C=O) groups excluding carboxylic acids is 3. The first-order chi connectivity index (χ1) is 15.3. The number of carbonyl (C=O) groups is 3. The molecule has 0 spiro atoms. The number of rotatable bonds is 11. The first-order valence-electron chi connectivity index (χ1n) is 10.1. The molecule has 0 unspecified atom stereocenters. The van der Waals surface area contributed by atoms with E-state index in [0.29, 0.717) is 60.0 Å². The minimum absolute atomic E-state index is 0.0990. The van der Waals surface area contributed by atoms with E-state index >= 15 is 0 Å². The van der Waals surface area contributed by atoms with Gasteiger partial charge in [-0.05, 0) is 53.4 Å². The number of hydrogen-bond acceptors (Lipinski definition) is 8. The van der Waals surface area contributed by atoms with E-state index in [1.165, 1.54) is 0 Å². The van der Waals surface area contributed by atoms with Gasteiger partial charge in [0, 0.05) is 30.7 Å². The van der Waals surface area contributed by atoms with Crippen molar-refractivity contribution < 1.29 is 14.4 Å². The van der Waals surface area contributed by atoms with Crippen molar-refractivity contribution in [3.8, 4) is 0 Å². The Balaban J connectivity index is 1.50. The first kappa shape index (κ1) is 23.4. The molecule has 1 aromatic heterocycles. The van der Waals surface area contributed by atoms with Crippen LogP contribution in [0.4, 0.5) is 23.1 Å².